The lowest BCUT2D eigenvalue weighted by molar-refractivity contribution is -0.145. The van der Waals surface area contributed by atoms with E-state index in [9.17, 15) is 18.7 Å². The zero-order valence-electron chi connectivity index (χ0n) is 15.4. The van der Waals surface area contributed by atoms with Gasteiger partial charge < -0.3 is 10.0 Å². The summed E-state index contributed by atoms with van der Waals surface area (Å²) in [4.78, 5) is 18.9. The minimum absolute atomic E-state index is 0.0933. The molecule has 3 rings (SSSR count). The van der Waals surface area contributed by atoms with Gasteiger partial charge in [-0.25, -0.2) is 8.78 Å². The average Bonchev–Trinajstić information content (AvgIpc) is 2.94. The van der Waals surface area contributed by atoms with Gasteiger partial charge in [0.2, 0.25) is 5.91 Å². The van der Waals surface area contributed by atoms with Crippen LogP contribution < -0.4 is 0 Å². The summed E-state index contributed by atoms with van der Waals surface area (Å²) in [5.41, 5.74) is -1.47. The molecule has 1 amide bonds. The van der Waals surface area contributed by atoms with Gasteiger partial charge in [-0.2, -0.15) is 0 Å². The van der Waals surface area contributed by atoms with Crippen molar-refractivity contribution in [2.75, 3.05) is 46.3 Å². The lowest BCUT2D eigenvalue weighted by Gasteiger charge is -2.43. The summed E-state index contributed by atoms with van der Waals surface area (Å²) >= 11 is 0. The Morgan fingerprint density at radius 1 is 1.04 bits per heavy atom. The summed E-state index contributed by atoms with van der Waals surface area (Å²) in [6, 6.07) is 0. The van der Waals surface area contributed by atoms with E-state index in [-0.39, 0.29) is 18.7 Å². The summed E-state index contributed by atoms with van der Waals surface area (Å²) < 4.78 is 26.6. The average molecular weight is 359 g/mol. The van der Waals surface area contributed by atoms with Crippen LogP contribution in [0.3, 0.4) is 0 Å². The number of amides is 1. The molecule has 3 heterocycles. The number of alkyl halides is 2. The summed E-state index contributed by atoms with van der Waals surface area (Å²) in [5.74, 6) is -2.48. The van der Waals surface area contributed by atoms with Gasteiger partial charge in [-0.15, -0.1) is 0 Å². The fourth-order valence-corrected chi connectivity index (χ4v) is 4.48. The molecule has 3 saturated heterocycles. The highest BCUT2D eigenvalue weighted by atomic mass is 19.3. The molecule has 2 unspecified atom stereocenters. The van der Waals surface area contributed by atoms with Crippen molar-refractivity contribution >= 4 is 5.91 Å². The molecule has 0 aromatic rings. The van der Waals surface area contributed by atoms with E-state index in [1.807, 2.05) is 18.9 Å². The Morgan fingerprint density at radius 3 is 2.36 bits per heavy atom. The lowest BCUT2D eigenvalue weighted by atomic mass is 9.87. The first-order valence-electron chi connectivity index (χ1n) is 9.47. The van der Waals surface area contributed by atoms with E-state index >= 15 is 0 Å². The Morgan fingerprint density at radius 2 is 1.72 bits per heavy atom. The number of likely N-dealkylation sites (tertiary alicyclic amines) is 3. The number of likely N-dealkylation sites (N-methyl/N-ethyl adjacent to an activating group) is 1. The fraction of sp³-hybridized carbons (Fsp3) is 0.944. The van der Waals surface area contributed by atoms with Crippen molar-refractivity contribution in [2.24, 2.45) is 0 Å². The molecule has 0 spiro atoms. The number of hydrogen-bond acceptors (Lipinski definition) is 4. The Hall–Kier alpha value is -0.790. The van der Waals surface area contributed by atoms with Crippen molar-refractivity contribution in [1.29, 1.82) is 0 Å². The number of nitrogens with zero attached hydrogens (tertiary/aromatic N) is 3. The molecule has 0 aliphatic carbocycles. The maximum Gasteiger partial charge on any atom is 0.250 e. The molecule has 3 aliphatic heterocycles. The molecule has 7 heteroatoms. The van der Waals surface area contributed by atoms with Crippen LogP contribution in [0.2, 0.25) is 0 Å². The van der Waals surface area contributed by atoms with E-state index in [4.69, 9.17) is 0 Å². The molecule has 0 aromatic heterocycles. The van der Waals surface area contributed by atoms with Gasteiger partial charge in [0, 0.05) is 39.0 Å². The molecule has 0 saturated carbocycles. The number of piperidine rings is 2. The Kier molecular flexibility index (Phi) is 5.12. The van der Waals surface area contributed by atoms with Crippen molar-refractivity contribution in [3.63, 3.8) is 0 Å². The van der Waals surface area contributed by atoms with Gasteiger partial charge in [0.05, 0.1) is 17.7 Å². The van der Waals surface area contributed by atoms with Crippen molar-refractivity contribution < 1.29 is 18.7 Å². The summed E-state index contributed by atoms with van der Waals surface area (Å²) in [7, 11) is 1.99. The second-order valence-corrected chi connectivity index (χ2v) is 8.49. The minimum atomic E-state index is -2.57. The Bertz CT molecular complexity index is 509. The van der Waals surface area contributed by atoms with Crippen LogP contribution in [-0.4, -0.2) is 89.1 Å². The quantitative estimate of drug-likeness (QED) is 0.831. The normalized spacial score (nSPS) is 37.4. The number of aliphatic hydroxyl groups is 1. The molecule has 3 fully saturated rings. The largest absolute Gasteiger partial charge is 0.387 e. The number of hydrogen-bond donors (Lipinski definition) is 1. The molecule has 144 valence electrons. The Balaban J connectivity index is 1.58. The van der Waals surface area contributed by atoms with E-state index in [1.54, 1.807) is 4.90 Å². The lowest BCUT2D eigenvalue weighted by Crippen LogP contribution is -2.59. The monoisotopic (exact) mass is 359 g/mol. The zero-order chi connectivity index (χ0) is 18.3. The Labute approximate surface area is 148 Å². The highest BCUT2D eigenvalue weighted by Crippen LogP contribution is 2.33. The first-order valence-corrected chi connectivity index (χ1v) is 9.47. The van der Waals surface area contributed by atoms with E-state index in [2.05, 4.69) is 4.90 Å². The molecule has 2 atom stereocenters. The van der Waals surface area contributed by atoms with Crippen LogP contribution in [0.4, 0.5) is 8.78 Å². The van der Waals surface area contributed by atoms with E-state index in [0.29, 0.717) is 39.1 Å². The molecule has 5 nitrogen and oxygen atoms in total. The molecule has 3 aliphatic rings. The third kappa shape index (κ3) is 3.98. The topological polar surface area (TPSA) is 47.0 Å². The van der Waals surface area contributed by atoms with E-state index in [1.165, 1.54) is 0 Å². The van der Waals surface area contributed by atoms with Crippen LogP contribution in [0.25, 0.3) is 0 Å². The van der Waals surface area contributed by atoms with Crippen LogP contribution in [0, 0.1) is 0 Å². The van der Waals surface area contributed by atoms with Crippen molar-refractivity contribution in [3.05, 3.63) is 0 Å². The van der Waals surface area contributed by atoms with Crippen LogP contribution in [0.15, 0.2) is 0 Å². The van der Waals surface area contributed by atoms with Gasteiger partial charge >= 0.3 is 0 Å². The summed E-state index contributed by atoms with van der Waals surface area (Å²) in [5, 5.41) is 10.9. The van der Waals surface area contributed by atoms with Gasteiger partial charge in [0.1, 0.15) is 0 Å². The molecule has 0 bridgehead atoms. The maximum absolute atomic E-state index is 13.3. The third-order valence-electron chi connectivity index (χ3n) is 6.44. The number of halogens is 2. The first kappa shape index (κ1) is 19.0. The number of carbonyl (C=O) groups is 1. The summed E-state index contributed by atoms with van der Waals surface area (Å²) in [6.45, 7) is 4.76. The second kappa shape index (κ2) is 6.74. The van der Waals surface area contributed by atoms with Gasteiger partial charge in [0.15, 0.2) is 0 Å². The SMILES string of the molecule is CN1CCCCC1(C)C(=O)N1CCC(O)(CN2CCC(F)(F)CC2)C1. The van der Waals surface area contributed by atoms with Gasteiger partial charge in [-0.1, -0.05) is 0 Å². The molecule has 1 N–H and O–H groups in total. The number of β-amino-alcohol motifs (C(OH)–C–C–N with tert-alkyl or cyclic N) is 1. The van der Waals surface area contributed by atoms with Crippen molar-refractivity contribution in [1.82, 2.24) is 14.7 Å². The minimum Gasteiger partial charge on any atom is -0.387 e. The fourth-order valence-electron chi connectivity index (χ4n) is 4.48. The van der Waals surface area contributed by atoms with Crippen LogP contribution in [0.5, 0.6) is 0 Å². The number of carbonyl (C=O) groups excluding carboxylic acids is 1. The van der Waals surface area contributed by atoms with Gasteiger partial charge in [-0.3, -0.25) is 14.6 Å². The third-order valence-corrected chi connectivity index (χ3v) is 6.44. The standard InChI is InChI=1S/C18H31F2N3O2/c1-16(5-3-4-9-21(16)2)15(24)23-12-6-17(25,14-23)13-22-10-7-18(19,20)8-11-22/h25H,3-14H2,1-2H3. The van der Waals surface area contributed by atoms with Crippen LogP contribution >= 0.6 is 0 Å². The molecule has 25 heavy (non-hydrogen) atoms. The predicted molar refractivity (Wildman–Crippen MR) is 91.7 cm³/mol. The molecule has 0 radical (unpaired) electrons. The van der Waals surface area contributed by atoms with Crippen LogP contribution in [-0.2, 0) is 4.79 Å². The highest BCUT2D eigenvalue weighted by molar-refractivity contribution is 5.86. The smallest absolute Gasteiger partial charge is 0.250 e. The summed E-state index contributed by atoms with van der Waals surface area (Å²) in [6.07, 6.45) is 3.24. The van der Waals surface area contributed by atoms with Gasteiger partial charge in [-0.05, 0) is 46.2 Å². The van der Waals surface area contributed by atoms with E-state index < -0.39 is 17.1 Å². The zero-order valence-corrected chi connectivity index (χ0v) is 15.4. The molecular weight excluding hydrogens is 328 g/mol. The van der Waals surface area contributed by atoms with Crippen molar-refractivity contribution in [2.45, 2.75) is 62.5 Å². The first-order chi connectivity index (χ1) is 11.6. The second-order valence-electron chi connectivity index (χ2n) is 8.49. The highest BCUT2D eigenvalue weighted by Gasteiger charge is 2.47. The van der Waals surface area contributed by atoms with Gasteiger partial charge in [0.25, 0.3) is 5.92 Å². The molecular formula is C18H31F2N3O2. The number of rotatable bonds is 3. The molecule has 0 aromatic carbocycles. The van der Waals surface area contributed by atoms with Crippen molar-refractivity contribution in [3.8, 4) is 0 Å². The van der Waals surface area contributed by atoms with E-state index in [0.717, 1.165) is 25.8 Å². The van der Waals surface area contributed by atoms with Crippen LogP contribution in [0.1, 0.15) is 45.4 Å². The maximum atomic E-state index is 13.3. The predicted octanol–water partition coefficient (Wildman–Crippen LogP) is 1.56.